The summed E-state index contributed by atoms with van der Waals surface area (Å²) in [6.45, 7) is 1.85. The van der Waals surface area contributed by atoms with Gasteiger partial charge in [0.15, 0.2) is 17.1 Å². The third-order valence-corrected chi connectivity index (χ3v) is 6.63. The van der Waals surface area contributed by atoms with E-state index in [1.165, 1.54) is 12.8 Å². The fraction of sp³-hybridized carbons (Fsp3) is 0.333. The number of nitrogens with one attached hydrogen (secondary N) is 1. The summed E-state index contributed by atoms with van der Waals surface area (Å²) in [4.78, 5) is 10.4. The van der Waals surface area contributed by atoms with E-state index in [0.29, 0.717) is 33.1 Å². The Bertz CT molecular complexity index is 1210. The standard InChI is InChI=1S/C24H23Cl2N3O4/c1-24(23-27-22(29-32-23)15-7-9-17(25)18(26)11-15)13-19(28-33-24)14-8-10-20(30-2)21(12-14)31-16-5-3-4-6-16/h7-13,16,28H,3-6H2,1-2H3. The molecule has 9 heteroatoms. The molecule has 0 spiro atoms. The van der Waals surface area contributed by atoms with E-state index < -0.39 is 5.60 Å². The number of aromatic nitrogens is 2. The molecule has 33 heavy (non-hydrogen) atoms. The molecule has 0 saturated heterocycles. The molecule has 1 aliphatic carbocycles. The van der Waals surface area contributed by atoms with Crippen molar-refractivity contribution in [3.05, 3.63) is 64.0 Å². The van der Waals surface area contributed by atoms with E-state index in [2.05, 4.69) is 15.6 Å². The first kappa shape index (κ1) is 22.1. The van der Waals surface area contributed by atoms with Crippen LogP contribution in [0.4, 0.5) is 0 Å². The van der Waals surface area contributed by atoms with Gasteiger partial charge < -0.3 is 14.0 Å². The summed E-state index contributed by atoms with van der Waals surface area (Å²) in [5.41, 5.74) is 4.39. The van der Waals surface area contributed by atoms with Crippen LogP contribution in [0.5, 0.6) is 11.5 Å². The largest absolute Gasteiger partial charge is 0.493 e. The molecule has 0 bridgehead atoms. The summed E-state index contributed by atoms with van der Waals surface area (Å²) in [6.07, 6.45) is 6.64. The number of hydrogen-bond acceptors (Lipinski definition) is 7. The average Bonchev–Trinajstić information content (AvgIpc) is 3.57. The summed E-state index contributed by atoms with van der Waals surface area (Å²) in [5.74, 6) is 2.13. The summed E-state index contributed by atoms with van der Waals surface area (Å²) in [7, 11) is 1.64. The maximum Gasteiger partial charge on any atom is 0.265 e. The molecule has 2 aliphatic rings. The normalized spacial score (nSPS) is 20.5. The number of hydroxylamine groups is 1. The maximum absolute atomic E-state index is 6.22. The van der Waals surface area contributed by atoms with E-state index >= 15 is 0 Å². The van der Waals surface area contributed by atoms with Crippen LogP contribution >= 0.6 is 23.2 Å². The lowest BCUT2D eigenvalue weighted by Gasteiger charge is -2.17. The number of nitrogens with zero attached hydrogens (tertiary/aromatic N) is 2. The molecule has 2 heterocycles. The first-order chi connectivity index (χ1) is 15.9. The number of hydrogen-bond donors (Lipinski definition) is 1. The highest BCUT2D eigenvalue weighted by atomic mass is 35.5. The molecular formula is C24H23Cl2N3O4. The molecule has 5 rings (SSSR count). The number of ether oxygens (including phenoxy) is 2. The maximum atomic E-state index is 6.22. The second kappa shape index (κ2) is 8.89. The third-order valence-electron chi connectivity index (χ3n) is 5.89. The summed E-state index contributed by atoms with van der Waals surface area (Å²) >= 11 is 12.1. The highest BCUT2D eigenvalue weighted by Crippen LogP contribution is 2.38. The Labute approximate surface area is 201 Å². The Morgan fingerprint density at radius 2 is 1.82 bits per heavy atom. The monoisotopic (exact) mass is 487 g/mol. The Kier molecular flexibility index (Phi) is 5.95. The van der Waals surface area contributed by atoms with Gasteiger partial charge in [-0.2, -0.15) is 4.98 Å². The average molecular weight is 488 g/mol. The van der Waals surface area contributed by atoms with Crippen LogP contribution in [0.3, 0.4) is 0 Å². The van der Waals surface area contributed by atoms with Gasteiger partial charge in [-0.3, -0.25) is 10.3 Å². The van der Waals surface area contributed by atoms with Gasteiger partial charge in [-0.1, -0.05) is 28.4 Å². The lowest BCUT2D eigenvalue weighted by atomic mass is 10.0. The molecule has 172 valence electrons. The summed E-state index contributed by atoms with van der Waals surface area (Å²) in [6, 6.07) is 11.0. The molecule has 1 saturated carbocycles. The zero-order valence-corrected chi connectivity index (χ0v) is 19.7. The SMILES string of the molecule is COc1ccc(C2=CC(C)(c3nc(-c4ccc(Cl)c(Cl)c4)no3)ON2)cc1OC1CCCC1. The van der Waals surface area contributed by atoms with Crippen LogP contribution in [0.2, 0.25) is 10.0 Å². The van der Waals surface area contributed by atoms with E-state index in [0.717, 1.165) is 29.9 Å². The molecule has 1 atom stereocenters. The van der Waals surface area contributed by atoms with Gasteiger partial charge in [-0.25, -0.2) is 0 Å². The molecule has 1 N–H and O–H groups in total. The van der Waals surface area contributed by atoms with Crippen LogP contribution in [-0.4, -0.2) is 23.4 Å². The van der Waals surface area contributed by atoms with Gasteiger partial charge in [0, 0.05) is 11.1 Å². The number of rotatable bonds is 6. The third kappa shape index (κ3) is 4.40. The van der Waals surface area contributed by atoms with Crippen LogP contribution in [-0.2, 0) is 10.4 Å². The summed E-state index contributed by atoms with van der Waals surface area (Å²) < 4.78 is 17.2. The molecule has 2 aromatic carbocycles. The zero-order chi connectivity index (χ0) is 23.0. The first-order valence-corrected chi connectivity index (χ1v) is 11.5. The molecular weight excluding hydrogens is 465 g/mol. The van der Waals surface area contributed by atoms with Crippen molar-refractivity contribution in [2.75, 3.05) is 7.11 Å². The van der Waals surface area contributed by atoms with Gasteiger partial charge in [0.25, 0.3) is 5.89 Å². The smallest absolute Gasteiger partial charge is 0.265 e. The van der Waals surface area contributed by atoms with E-state index in [4.69, 9.17) is 42.0 Å². The van der Waals surface area contributed by atoms with Crippen molar-refractivity contribution in [2.45, 2.75) is 44.3 Å². The number of methoxy groups -OCH3 is 1. The van der Waals surface area contributed by atoms with Crippen LogP contribution in [0.1, 0.15) is 44.1 Å². The minimum Gasteiger partial charge on any atom is -0.493 e. The van der Waals surface area contributed by atoms with Gasteiger partial charge in [0.1, 0.15) is 0 Å². The van der Waals surface area contributed by atoms with E-state index in [1.54, 1.807) is 25.3 Å². The van der Waals surface area contributed by atoms with Crippen molar-refractivity contribution in [1.29, 1.82) is 0 Å². The first-order valence-electron chi connectivity index (χ1n) is 10.8. The van der Waals surface area contributed by atoms with Crippen molar-refractivity contribution < 1.29 is 18.8 Å². The van der Waals surface area contributed by atoms with Crippen molar-refractivity contribution >= 4 is 28.9 Å². The second-order valence-electron chi connectivity index (χ2n) is 8.31. The molecule has 1 aliphatic heterocycles. The Morgan fingerprint density at radius 3 is 2.58 bits per heavy atom. The van der Waals surface area contributed by atoms with Crippen LogP contribution < -0.4 is 15.0 Å². The van der Waals surface area contributed by atoms with Crippen LogP contribution in [0.25, 0.3) is 17.1 Å². The van der Waals surface area contributed by atoms with E-state index in [9.17, 15) is 0 Å². The van der Waals surface area contributed by atoms with E-state index in [-0.39, 0.29) is 6.10 Å². The van der Waals surface area contributed by atoms with Crippen LogP contribution in [0.15, 0.2) is 47.0 Å². The Balaban J connectivity index is 1.41. The van der Waals surface area contributed by atoms with Gasteiger partial charge in [-0.15, -0.1) is 0 Å². The lowest BCUT2D eigenvalue weighted by molar-refractivity contribution is -0.0445. The highest BCUT2D eigenvalue weighted by Gasteiger charge is 2.38. The van der Waals surface area contributed by atoms with Gasteiger partial charge >= 0.3 is 0 Å². The Hall–Kier alpha value is -2.74. The van der Waals surface area contributed by atoms with Crippen molar-refractivity contribution in [3.8, 4) is 22.9 Å². The molecule has 7 nitrogen and oxygen atoms in total. The predicted molar refractivity (Wildman–Crippen MR) is 125 cm³/mol. The lowest BCUT2D eigenvalue weighted by Crippen LogP contribution is -2.23. The van der Waals surface area contributed by atoms with Gasteiger partial charge in [0.2, 0.25) is 5.82 Å². The fourth-order valence-corrected chi connectivity index (χ4v) is 4.34. The number of halogens is 2. The molecule has 0 radical (unpaired) electrons. The predicted octanol–water partition coefficient (Wildman–Crippen LogP) is 6.16. The van der Waals surface area contributed by atoms with Crippen molar-refractivity contribution in [3.63, 3.8) is 0 Å². The zero-order valence-electron chi connectivity index (χ0n) is 18.2. The molecule has 1 aromatic heterocycles. The topological polar surface area (TPSA) is 78.6 Å². The molecule has 3 aromatic rings. The molecule has 0 amide bonds. The second-order valence-corrected chi connectivity index (χ2v) is 9.13. The minimum absolute atomic E-state index is 0.222. The van der Waals surface area contributed by atoms with E-state index in [1.807, 2.05) is 31.2 Å². The summed E-state index contributed by atoms with van der Waals surface area (Å²) in [5, 5.41) is 4.96. The van der Waals surface area contributed by atoms with Gasteiger partial charge in [-0.05, 0) is 75.1 Å². The van der Waals surface area contributed by atoms with Crippen molar-refractivity contribution in [2.24, 2.45) is 0 Å². The number of benzene rings is 2. The fourth-order valence-electron chi connectivity index (χ4n) is 4.04. The quantitative estimate of drug-likeness (QED) is 0.445. The van der Waals surface area contributed by atoms with Crippen LogP contribution in [0, 0.1) is 0 Å². The highest BCUT2D eigenvalue weighted by molar-refractivity contribution is 6.42. The Morgan fingerprint density at radius 1 is 1.03 bits per heavy atom. The molecule has 1 unspecified atom stereocenters. The van der Waals surface area contributed by atoms with Crippen molar-refractivity contribution in [1.82, 2.24) is 15.6 Å². The van der Waals surface area contributed by atoms with Gasteiger partial charge in [0.05, 0.1) is 29.0 Å². The minimum atomic E-state index is -0.955. The molecule has 1 fully saturated rings.